The number of nitrogens with zero attached hydrogens (tertiary/aromatic N) is 2. The highest BCUT2D eigenvalue weighted by atomic mass is 35.5. The van der Waals surface area contributed by atoms with Gasteiger partial charge in [0, 0.05) is 42.8 Å². The second-order valence-corrected chi connectivity index (χ2v) is 7.00. The fourth-order valence-corrected chi connectivity index (χ4v) is 4.01. The molecule has 3 heterocycles. The number of methoxy groups -OCH3 is 1. The van der Waals surface area contributed by atoms with Gasteiger partial charge in [-0.25, -0.2) is 0 Å². The van der Waals surface area contributed by atoms with Crippen molar-refractivity contribution in [2.45, 2.75) is 25.3 Å². The summed E-state index contributed by atoms with van der Waals surface area (Å²) in [7, 11) is 1.56. The molecule has 5 rings (SSSR count). The number of aromatic nitrogens is 3. The number of H-pyrrole nitrogens is 1. The molecule has 0 radical (unpaired) electrons. The highest BCUT2D eigenvalue weighted by Crippen LogP contribution is 2.42. The number of ether oxygens (including phenoxy) is 1. The maximum atomic E-state index is 12.5. The van der Waals surface area contributed by atoms with Gasteiger partial charge < -0.3 is 19.6 Å². The second kappa shape index (κ2) is 7.46. The summed E-state index contributed by atoms with van der Waals surface area (Å²) in [5.41, 5.74) is 3.46. The largest absolute Gasteiger partial charge is 0.496 e. The molecule has 0 saturated heterocycles. The van der Waals surface area contributed by atoms with Crippen LogP contribution < -0.4 is 15.6 Å². The predicted molar refractivity (Wildman–Crippen MR) is 107 cm³/mol. The lowest BCUT2D eigenvalue weighted by molar-refractivity contribution is 0.0988. The minimum absolute atomic E-state index is 0. The Kier molecular flexibility index (Phi) is 4.97. The van der Waals surface area contributed by atoms with E-state index >= 15 is 0 Å². The van der Waals surface area contributed by atoms with E-state index in [2.05, 4.69) is 20.4 Å². The topological polar surface area (TPSA) is 110 Å². The van der Waals surface area contributed by atoms with E-state index in [1.807, 2.05) is 12.1 Å². The maximum absolute atomic E-state index is 12.5. The summed E-state index contributed by atoms with van der Waals surface area (Å²) in [4.78, 5) is 32.3. The normalized spacial score (nSPS) is 17.4. The monoisotopic (exact) mass is 414 g/mol. The Morgan fingerprint density at radius 3 is 2.93 bits per heavy atom. The van der Waals surface area contributed by atoms with E-state index in [0.717, 1.165) is 29.8 Å². The molecule has 150 valence electrons. The first kappa shape index (κ1) is 19.4. The van der Waals surface area contributed by atoms with Gasteiger partial charge in [0.1, 0.15) is 5.75 Å². The first-order chi connectivity index (χ1) is 13.7. The number of fused-ring (bicyclic) bond motifs is 2. The molecular weight excluding hydrogens is 396 g/mol. The van der Waals surface area contributed by atoms with Crippen molar-refractivity contribution in [2.24, 2.45) is 0 Å². The van der Waals surface area contributed by atoms with Crippen molar-refractivity contribution >= 4 is 18.2 Å². The summed E-state index contributed by atoms with van der Waals surface area (Å²) < 4.78 is 10.9. The summed E-state index contributed by atoms with van der Waals surface area (Å²) in [6.45, 7) is 1.52. The van der Waals surface area contributed by atoms with Crippen LogP contribution in [0.4, 0.5) is 0 Å². The lowest BCUT2D eigenvalue weighted by atomic mass is 10.00. The van der Waals surface area contributed by atoms with Crippen LogP contribution in [0.1, 0.15) is 45.4 Å². The third-order valence-electron chi connectivity index (χ3n) is 5.39. The number of nitrogens with one attached hydrogen (secondary N) is 2. The zero-order chi connectivity index (χ0) is 19.3. The molecule has 2 aromatic heterocycles. The predicted octanol–water partition coefficient (Wildman–Crippen LogP) is 2.22. The molecule has 2 N–H and O–H groups in total. The van der Waals surface area contributed by atoms with E-state index in [0.29, 0.717) is 29.3 Å². The number of ketones is 1. The molecule has 1 atom stereocenters. The van der Waals surface area contributed by atoms with Crippen LogP contribution in [-0.4, -0.2) is 34.6 Å². The second-order valence-electron chi connectivity index (χ2n) is 7.00. The van der Waals surface area contributed by atoms with Gasteiger partial charge in [0.15, 0.2) is 5.78 Å². The van der Waals surface area contributed by atoms with Gasteiger partial charge in [-0.05, 0) is 17.7 Å². The highest BCUT2D eigenvalue weighted by molar-refractivity contribution is 6.02. The van der Waals surface area contributed by atoms with Gasteiger partial charge in [-0.15, -0.1) is 12.4 Å². The first-order valence-corrected chi connectivity index (χ1v) is 9.15. The Hall–Kier alpha value is -2.97. The van der Waals surface area contributed by atoms with Crippen molar-refractivity contribution in [3.8, 4) is 17.1 Å². The number of aromatic amines is 1. The molecule has 9 heteroatoms. The highest BCUT2D eigenvalue weighted by Gasteiger charge is 2.37. The molecule has 0 bridgehead atoms. The van der Waals surface area contributed by atoms with E-state index in [4.69, 9.17) is 9.26 Å². The number of hydrogen-bond acceptors (Lipinski definition) is 7. The van der Waals surface area contributed by atoms with E-state index in [-0.39, 0.29) is 41.9 Å². The Morgan fingerprint density at radius 2 is 2.10 bits per heavy atom. The summed E-state index contributed by atoms with van der Waals surface area (Å²) in [6.07, 6.45) is 1.02. The van der Waals surface area contributed by atoms with Crippen LogP contribution in [0.5, 0.6) is 5.75 Å². The summed E-state index contributed by atoms with van der Waals surface area (Å²) >= 11 is 0. The number of halogens is 1. The van der Waals surface area contributed by atoms with Crippen LogP contribution in [0.15, 0.2) is 33.6 Å². The van der Waals surface area contributed by atoms with Gasteiger partial charge >= 0.3 is 0 Å². The molecule has 1 aliphatic heterocycles. The Morgan fingerprint density at radius 1 is 1.24 bits per heavy atom. The van der Waals surface area contributed by atoms with Gasteiger partial charge in [-0.3, -0.25) is 9.59 Å². The number of pyridine rings is 1. The van der Waals surface area contributed by atoms with E-state index in [1.54, 1.807) is 19.2 Å². The number of hydrogen-bond donors (Lipinski definition) is 2. The smallest absolute Gasteiger partial charge is 0.259 e. The van der Waals surface area contributed by atoms with Gasteiger partial charge in [0.05, 0.1) is 18.6 Å². The Bertz CT molecular complexity index is 1150. The average molecular weight is 415 g/mol. The van der Waals surface area contributed by atoms with Crippen LogP contribution in [0.2, 0.25) is 0 Å². The zero-order valence-corrected chi connectivity index (χ0v) is 16.5. The summed E-state index contributed by atoms with van der Waals surface area (Å²) in [5, 5.41) is 7.30. The number of rotatable bonds is 3. The summed E-state index contributed by atoms with van der Waals surface area (Å²) in [6, 6.07) is 7.18. The molecule has 2 aliphatic rings. The minimum atomic E-state index is -0.377. The lowest BCUT2D eigenvalue weighted by Crippen LogP contribution is -2.27. The van der Waals surface area contributed by atoms with Crippen molar-refractivity contribution in [2.75, 3.05) is 13.7 Å². The number of benzene rings is 1. The lowest BCUT2D eigenvalue weighted by Gasteiger charge is -2.16. The van der Waals surface area contributed by atoms with E-state index < -0.39 is 0 Å². The third-order valence-corrected chi connectivity index (χ3v) is 5.39. The molecule has 0 saturated carbocycles. The van der Waals surface area contributed by atoms with Crippen molar-refractivity contribution in [1.29, 1.82) is 0 Å². The van der Waals surface area contributed by atoms with E-state index in [1.165, 1.54) is 0 Å². The zero-order valence-electron chi connectivity index (χ0n) is 15.7. The average Bonchev–Trinajstić information content (AvgIpc) is 3.32. The molecule has 29 heavy (non-hydrogen) atoms. The summed E-state index contributed by atoms with van der Waals surface area (Å²) in [5.74, 6) is 0.780. The Balaban J connectivity index is 0.00000205. The van der Waals surface area contributed by atoms with Crippen LogP contribution in [0.25, 0.3) is 11.4 Å². The molecule has 3 aromatic rings. The van der Waals surface area contributed by atoms with Crippen molar-refractivity contribution in [3.05, 3.63) is 62.9 Å². The SMILES string of the molecule is COc1cccc2c1C(c1nc(-c3cc4c([nH]c3=O)CCNC4)no1)CC2=O.Cl. The van der Waals surface area contributed by atoms with Gasteiger partial charge in [-0.1, -0.05) is 17.3 Å². The molecule has 0 fully saturated rings. The van der Waals surface area contributed by atoms with Crippen molar-refractivity contribution in [1.82, 2.24) is 20.4 Å². The van der Waals surface area contributed by atoms with Crippen molar-refractivity contribution < 1.29 is 14.1 Å². The molecule has 1 aromatic carbocycles. The standard InChI is InChI=1S/C20H18N4O4.ClH/c1-27-16-4-2-3-11-15(25)8-12(17(11)16)20-23-18(24-28-20)13-7-10-9-21-6-5-14(10)22-19(13)26;/h2-4,7,12,21H,5-6,8-9H2,1H3,(H,22,26);1H. The quantitative estimate of drug-likeness (QED) is 0.676. The molecular formula is C20H19ClN4O4. The first-order valence-electron chi connectivity index (χ1n) is 9.15. The van der Waals surface area contributed by atoms with Crippen molar-refractivity contribution in [3.63, 3.8) is 0 Å². The molecule has 0 amide bonds. The van der Waals surface area contributed by atoms with Gasteiger partial charge in [-0.2, -0.15) is 4.98 Å². The number of carbonyl (C=O) groups excluding carboxylic acids is 1. The van der Waals surface area contributed by atoms with Crippen LogP contribution >= 0.6 is 12.4 Å². The minimum Gasteiger partial charge on any atom is -0.496 e. The fourth-order valence-electron chi connectivity index (χ4n) is 4.01. The number of carbonyl (C=O) groups is 1. The number of Topliss-reactive ketones (excluding diaryl/α,β-unsaturated/α-hetero) is 1. The molecule has 0 spiro atoms. The van der Waals surface area contributed by atoms with Crippen LogP contribution in [-0.2, 0) is 13.0 Å². The maximum Gasteiger partial charge on any atom is 0.259 e. The Labute approximate surface area is 172 Å². The third kappa shape index (κ3) is 3.14. The van der Waals surface area contributed by atoms with Crippen LogP contribution in [0, 0.1) is 0 Å². The molecule has 8 nitrogen and oxygen atoms in total. The van der Waals surface area contributed by atoms with Gasteiger partial charge in [0.2, 0.25) is 11.7 Å². The van der Waals surface area contributed by atoms with E-state index in [9.17, 15) is 9.59 Å². The van der Waals surface area contributed by atoms with Crippen LogP contribution in [0.3, 0.4) is 0 Å². The molecule has 1 aliphatic carbocycles. The molecule has 1 unspecified atom stereocenters. The fraction of sp³-hybridized carbons (Fsp3) is 0.300. The van der Waals surface area contributed by atoms with Gasteiger partial charge in [0.25, 0.3) is 5.56 Å².